The van der Waals surface area contributed by atoms with Gasteiger partial charge in [0.25, 0.3) is 0 Å². The Labute approximate surface area is 86.7 Å². The van der Waals surface area contributed by atoms with Gasteiger partial charge >= 0.3 is 0 Å². The lowest BCUT2D eigenvalue weighted by Crippen LogP contribution is -1.95. The molecule has 78 valence electrons. The van der Waals surface area contributed by atoms with E-state index in [9.17, 15) is 4.39 Å². The molecule has 0 spiro atoms. The highest BCUT2D eigenvalue weighted by Gasteiger charge is 2.07. The number of rotatable bonds is 1. The first-order chi connectivity index (χ1) is 7.11. The van der Waals surface area contributed by atoms with Gasteiger partial charge in [0.05, 0.1) is 24.0 Å². The van der Waals surface area contributed by atoms with Gasteiger partial charge in [-0.25, -0.2) is 4.39 Å². The van der Waals surface area contributed by atoms with E-state index in [2.05, 4.69) is 4.98 Å². The number of aryl methyl sites for hydroxylation is 1. The van der Waals surface area contributed by atoms with Crippen molar-refractivity contribution in [1.82, 2.24) is 4.98 Å². The van der Waals surface area contributed by atoms with Crippen LogP contribution in [0.3, 0.4) is 0 Å². The summed E-state index contributed by atoms with van der Waals surface area (Å²) in [5, 5.41) is 0.774. The summed E-state index contributed by atoms with van der Waals surface area (Å²) in [4.78, 5) is 4.19. The summed E-state index contributed by atoms with van der Waals surface area (Å²) in [6.45, 7) is 1.79. The second-order valence-electron chi connectivity index (χ2n) is 3.34. The molecule has 0 aliphatic carbocycles. The molecule has 0 saturated carbocycles. The van der Waals surface area contributed by atoms with E-state index in [1.54, 1.807) is 19.1 Å². The van der Waals surface area contributed by atoms with Crippen molar-refractivity contribution in [2.45, 2.75) is 6.92 Å². The van der Waals surface area contributed by atoms with Gasteiger partial charge in [-0.05, 0) is 19.1 Å². The first-order valence-corrected chi connectivity index (χ1v) is 4.52. The fourth-order valence-corrected chi connectivity index (χ4v) is 1.44. The number of pyridine rings is 1. The Morgan fingerprint density at radius 1 is 1.33 bits per heavy atom. The molecule has 0 atom stereocenters. The van der Waals surface area contributed by atoms with Crippen molar-refractivity contribution >= 4 is 16.6 Å². The lowest BCUT2D eigenvalue weighted by molar-refractivity contribution is 0.387. The van der Waals surface area contributed by atoms with Crippen LogP contribution in [-0.2, 0) is 0 Å². The first-order valence-electron chi connectivity index (χ1n) is 4.52. The van der Waals surface area contributed by atoms with Crippen LogP contribution in [-0.4, -0.2) is 12.1 Å². The number of hydrogen-bond donors (Lipinski definition) is 1. The van der Waals surface area contributed by atoms with Gasteiger partial charge in [-0.1, -0.05) is 0 Å². The van der Waals surface area contributed by atoms with Crippen molar-refractivity contribution in [3.05, 3.63) is 29.7 Å². The molecule has 1 aromatic carbocycles. The van der Waals surface area contributed by atoms with Crippen molar-refractivity contribution in [3.63, 3.8) is 0 Å². The molecule has 2 rings (SSSR count). The quantitative estimate of drug-likeness (QED) is 0.778. The second kappa shape index (κ2) is 3.38. The van der Waals surface area contributed by atoms with E-state index in [4.69, 9.17) is 10.5 Å². The Morgan fingerprint density at radius 2 is 2.07 bits per heavy atom. The standard InChI is InChI=1S/C11H11FN2O/c1-6-9(13)3-7-4-11(15-2)8(12)5-10(7)14-6/h3-5H,13H2,1-2H3. The molecule has 15 heavy (non-hydrogen) atoms. The summed E-state index contributed by atoms with van der Waals surface area (Å²) >= 11 is 0. The van der Waals surface area contributed by atoms with Crippen LogP contribution in [0.2, 0.25) is 0 Å². The highest BCUT2D eigenvalue weighted by atomic mass is 19.1. The van der Waals surface area contributed by atoms with Crippen molar-refractivity contribution in [2.24, 2.45) is 0 Å². The van der Waals surface area contributed by atoms with Gasteiger partial charge in [0.1, 0.15) is 0 Å². The van der Waals surface area contributed by atoms with Gasteiger partial charge in [0, 0.05) is 11.5 Å². The molecule has 0 aliphatic rings. The number of methoxy groups -OCH3 is 1. The summed E-state index contributed by atoms with van der Waals surface area (Å²) in [7, 11) is 1.43. The van der Waals surface area contributed by atoms with E-state index in [-0.39, 0.29) is 5.75 Å². The van der Waals surface area contributed by atoms with Crippen molar-refractivity contribution in [3.8, 4) is 5.75 Å². The van der Waals surface area contributed by atoms with Crippen LogP contribution < -0.4 is 10.5 Å². The summed E-state index contributed by atoms with van der Waals surface area (Å²) in [5.41, 5.74) is 7.60. The molecule has 0 fully saturated rings. The average molecular weight is 206 g/mol. The third-order valence-electron chi connectivity index (χ3n) is 2.32. The molecule has 4 heteroatoms. The smallest absolute Gasteiger partial charge is 0.167 e. The summed E-state index contributed by atoms with van der Waals surface area (Å²) < 4.78 is 18.2. The summed E-state index contributed by atoms with van der Waals surface area (Å²) in [5.74, 6) is -0.214. The number of anilines is 1. The van der Waals surface area contributed by atoms with Gasteiger partial charge in [-0.15, -0.1) is 0 Å². The SMILES string of the molecule is COc1cc2cc(N)c(C)nc2cc1F. The fraction of sp³-hybridized carbons (Fsp3) is 0.182. The minimum absolute atomic E-state index is 0.201. The Balaban J connectivity index is 2.76. The Bertz CT molecular complexity index is 525. The predicted molar refractivity (Wildman–Crippen MR) is 57.4 cm³/mol. The monoisotopic (exact) mass is 206 g/mol. The maximum Gasteiger partial charge on any atom is 0.167 e. The predicted octanol–water partition coefficient (Wildman–Crippen LogP) is 2.27. The topological polar surface area (TPSA) is 48.1 Å². The van der Waals surface area contributed by atoms with E-state index in [0.717, 1.165) is 5.39 Å². The molecule has 3 nitrogen and oxygen atoms in total. The molecule has 0 amide bonds. The Morgan fingerprint density at radius 3 is 2.73 bits per heavy atom. The lowest BCUT2D eigenvalue weighted by atomic mass is 10.1. The molecule has 0 radical (unpaired) electrons. The van der Waals surface area contributed by atoms with E-state index in [1.807, 2.05) is 0 Å². The van der Waals surface area contributed by atoms with E-state index >= 15 is 0 Å². The fourth-order valence-electron chi connectivity index (χ4n) is 1.44. The van der Waals surface area contributed by atoms with Crippen LogP contribution >= 0.6 is 0 Å². The van der Waals surface area contributed by atoms with E-state index in [1.165, 1.54) is 13.2 Å². The van der Waals surface area contributed by atoms with Gasteiger partial charge < -0.3 is 10.5 Å². The van der Waals surface area contributed by atoms with E-state index in [0.29, 0.717) is 16.9 Å². The number of halogens is 1. The van der Waals surface area contributed by atoms with Gasteiger partial charge in [-0.2, -0.15) is 0 Å². The van der Waals surface area contributed by atoms with Crippen molar-refractivity contribution in [1.29, 1.82) is 0 Å². The third-order valence-corrected chi connectivity index (χ3v) is 2.32. The Kier molecular flexibility index (Phi) is 2.19. The largest absolute Gasteiger partial charge is 0.494 e. The number of nitrogen functional groups attached to an aromatic ring is 1. The van der Waals surface area contributed by atoms with Gasteiger partial charge in [-0.3, -0.25) is 4.98 Å². The van der Waals surface area contributed by atoms with E-state index < -0.39 is 5.82 Å². The number of ether oxygens (including phenoxy) is 1. The number of aromatic nitrogens is 1. The average Bonchev–Trinajstić information content (AvgIpc) is 2.20. The maximum absolute atomic E-state index is 13.4. The van der Waals surface area contributed by atoms with Crippen LogP contribution in [0.15, 0.2) is 18.2 Å². The molecule has 1 heterocycles. The van der Waals surface area contributed by atoms with Crippen molar-refractivity contribution < 1.29 is 9.13 Å². The molecular formula is C11H11FN2O. The zero-order valence-electron chi connectivity index (χ0n) is 8.54. The Hall–Kier alpha value is -1.84. The molecule has 2 aromatic rings. The molecule has 0 bridgehead atoms. The zero-order valence-corrected chi connectivity index (χ0v) is 8.54. The number of nitrogens with two attached hydrogens (primary N) is 1. The molecule has 0 saturated heterocycles. The highest BCUT2D eigenvalue weighted by molar-refractivity contribution is 5.83. The van der Waals surface area contributed by atoms with Crippen LogP contribution in [0.4, 0.5) is 10.1 Å². The maximum atomic E-state index is 13.4. The second-order valence-corrected chi connectivity index (χ2v) is 3.34. The minimum atomic E-state index is -0.415. The molecule has 2 N–H and O–H groups in total. The molecule has 1 aromatic heterocycles. The minimum Gasteiger partial charge on any atom is -0.494 e. The number of benzene rings is 1. The molecule has 0 unspecified atom stereocenters. The van der Waals surface area contributed by atoms with Crippen LogP contribution in [0.1, 0.15) is 5.69 Å². The molecular weight excluding hydrogens is 195 g/mol. The number of nitrogens with zero attached hydrogens (tertiary/aromatic N) is 1. The van der Waals surface area contributed by atoms with Gasteiger partial charge in [0.2, 0.25) is 0 Å². The van der Waals surface area contributed by atoms with Crippen LogP contribution in [0.25, 0.3) is 10.9 Å². The number of fused-ring (bicyclic) bond motifs is 1. The van der Waals surface area contributed by atoms with Gasteiger partial charge in [0.15, 0.2) is 11.6 Å². The summed E-state index contributed by atoms with van der Waals surface area (Å²) in [6.07, 6.45) is 0. The lowest BCUT2D eigenvalue weighted by Gasteiger charge is -2.06. The normalized spacial score (nSPS) is 10.6. The van der Waals surface area contributed by atoms with Crippen LogP contribution in [0, 0.1) is 12.7 Å². The third kappa shape index (κ3) is 1.58. The first kappa shape index (κ1) is 9.71. The van der Waals surface area contributed by atoms with Crippen molar-refractivity contribution in [2.75, 3.05) is 12.8 Å². The highest BCUT2D eigenvalue weighted by Crippen LogP contribution is 2.25. The zero-order chi connectivity index (χ0) is 11.0. The molecule has 0 aliphatic heterocycles. The number of hydrogen-bond acceptors (Lipinski definition) is 3. The van der Waals surface area contributed by atoms with Crippen LogP contribution in [0.5, 0.6) is 5.75 Å². The summed E-state index contributed by atoms with van der Waals surface area (Å²) in [6, 6.07) is 4.70.